The monoisotopic (exact) mass is 260 g/mol. The van der Waals surface area contributed by atoms with Crippen molar-refractivity contribution in [3.8, 4) is 11.5 Å². The van der Waals surface area contributed by atoms with Gasteiger partial charge in [0, 0.05) is 6.20 Å². The zero-order chi connectivity index (χ0) is 12.5. The smallest absolute Gasteiger partial charge is 0.258 e. The summed E-state index contributed by atoms with van der Waals surface area (Å²) < 4.78 is 1.38. The Balaban J connectivity index is 2.20. The highest BCUT2D eigenvalue weighted by Crippen LogP contribution is 2.15. The van der Waals surface area contributed by atoms with Crippen LogP contribution >= 0.6 is 11.8 Å². The van der Waals surface area contributed by atoms with Crippen LogP contribution in [0.3, 0.4) is 0 Å². The van der Waals surface area contributed by atoms with E-state index in [1.54, 1.807) is 18.3 Å². The lowest BCUT2D eigenvalue weighted by atomic mass is 10.4. The van der Waals surface area contributed by atoms with E-state index in [4.69, 9.17) is 5.73 Å². The molecule has 0 aliphatic carbocycles. The lowest BCUT2D eigenvalue weighted by molar-refractivity contribution is 0.850. The minimum Gasteiger partial charge on any atom is -0.368 e. The molecule has 2 N–H and O–H groups in total. The van der Waals surface area contributed by atoms with Crippen LogP contribution in [-0.2, 0) is 0 Å². The van der Waals surface area contributed by atoms with Crippen LogP contribution < -0.4 is 5.73 Å². The van der Waals surface area contributed by atoms with Gasteiger partial charge in [0.25, 0.3) is 5.78 Å². The van der Waals surface area contributed by atoms with Crippen LogP contribution in [0, 0.1) is 0 Å². The second-order valence-electron chi connectivity index (χ2n) is 3.32. The highest BCUT2D eigenvalue weighted by atomic mass is 32.2. The van der Waals surface area contributed by atoms with Gasteiger partial charge in [-0.25, -0.2) is 0 Å². The van der Waals surface area contributed by atoms with E-state index in [1.165, 1.54) is 16.3 Å². The fourth-order valence-corrected chi connectivity index (χ4v) is 1.76. The van der Waals surface area contributed by atoms with E-state index in [1.807, 2.05) is 6.26 Å². The molecule has 9 heteroatoms. The van der Waals surface area contributed by atoms with Crippen LogP contribution in [0.2, 0.25) is 0 Å². The van der Waals surface area contributed by atoms with E-state index in [9.17, 15) is 0 Å². The van der Waals surface area contributed by atoms with E-state index in [-0.39, 0.29) is 5.95 Å². The summed E-state index contributed by atoms with van der Waals surface area (Å²) in [6.45, 7) is 0. The second kappa shape index (κ2) is 4.18. The Morgan fingerprint density at radius 1 is 1.28 bits per heavy atom. The van der Waals surface area contributed by atoms with Gasteiger partial charge in [-0.2, -0.15) is 24.6 Å². The molecule has 3 aromatic heterocycles. The van der Waals surface area contributed by atoms with E-state index in [2.05, 4.69) is 30.2 Å². The average Bonchev–Trinajstić information content (AvgIpc) is 2.84. The summed E-state index contributed by atoms with van der Waals surface area (Å²) in [7, 11) is 0. The summed E-state index contributed by atoms with van der Waals surface area (Å²) in [6, 6.07) is 3.53. The van der Waals surface area contributed by atoms with Crippen LogP contribution in [0.5, 0.6) is 0 Å². The molecular weight excluding hydrogens is 252 g/mol. The van der Waals surface area contributed by atoms with Crippen molar-refractivity contribution < 1.29 is 0 Å². The van der Waals surface area contributed by atoms with Crippen molar-refractivity contribution in [3.05, 3.63) is 18.3 Å². The van der Waals surface area contributed by atoms with Gasteiger partial charge >= 0.3 is 0 Å². The molecule has 0 saturated carbocycles. The third-order valence-electron chi connectivity index (χ3n) is 2.20. The molecule has 8 nitrogen and oxygen atoms in total. The Kier molecular flexibility index (Phi) is 2.52. The molecule has 0 radical (unpaired) electrons. The molecule has 3 aromatic rings. The fraction of sp³-hybridized carbons (Fsp3) is 0.111. The van der Waals surface area contributed by atoms with E-state index < -0.39 is 0 Å². The Morgan fingerprint density at radius 2 is 2.17 bits per heavy atom. The number of hydrogen-bond acceptors (Lipinski definition) is 8. The number of nitrogen functional groups attached to an aromatic ring is 1. The van der Waals surface area contributed by atoms with Crippen molar-refractivity contribution in [1.82, 2.24) is 34.8 Å². The molecule has 0 aliphatic rings. The summed E-state index contributed by atoms with van der Waals surface area (Å²) in [4.78, 5) is 12.6. The maximum absolute atomic E-state index is 5.78. The van der Waals surface area contributed by atoms with Crippen molar-refractivity contribution in [3.63, 3.8) is 0 Å². The predicted octanol–water partition coefficient (Wildman–Crippen LogP) is 0.280. The normalized spacial score (nSPS) is 10.9. The molecule has 0 aromatic carbocycles. The van der Waals surface area contributed by atoms with Crippen molar-refractivity contribution in [2.24, 2.45) is 0 Å². The topological polar surface area (TPSA) is 108 Å². The first-order valence-corrected chi connectivity index (χ1v) is 6.23. The lowest BCUT2D eigenvalue weighted by Crippen LogP contribution is -2.04. The summed E-state index contributed by atoms with van der Waals surface area (Å²) >= 11 is 1.39. The number of thioether (sulfide) groups is 1. The number of rotatable bonds is 2. The SMILES string of the molecule is CSc1nc(N)n2nc(-c3cccnn3)nc2n1. The number of anilines is 1. The second-order valence-corrected chi connectivity index (χ2v) is 4.10. The Morgan fingerprint density at radius 3 is 2.89 bits per heavy atom. The van der Waals surface area contributed by atoms with Crippen molar-refractivity contribution in [1.29, 1.82) is 0 Å². The number of nitrogens with two attached hydrogens (primary N) is 1. The van der Waals surface area contributed by atoms with Gasteiger partial charge in [0.2, 0.25) is 11.8 Å². The van der Waals surface area contributed by atoms with Gasteiger partial charge in [0.1, 0.15) is 5.69 Å². The standard InChI is InChI=1S/C9H8N8S/c1-18-9-13-7(10)17-8(14-9)12-6(16-17)5-3-2-4-11-15-5/h2-4H,1H3,(H2,10,12,13,14,16). The first kappa shape index (κ1) is 10.8. The Labute approximate surface area is 106 Å². The lowest BCUT2D eigenvalue weighted by Gasteiger charge is -1.97. The first-order valence-electron chi connectivity index (χ1n) is 5.00. The number of fused-ring (bicyclic) bond motifs is 1. The van der Waals surface area contributed by atoms with Crippen LogP contribution in [-0.4, -0.2) is 41.0 Å². The third-order valence-corrected chi connectivity index (χ3v) is 2.74. The zero-order valence-corrected chi connectivity index (χ0v) is 10.2. The number of aromatic nitrogens is 7. The maximum Gasteiger partial charge on any atom is 0.258 e. The minimum absolute atomic E-state index is 0.243. The van der Waals surface area contributed by atoms with Gasteiger partial charge in [0.15, 0.2) is 5.16 Å². The zero-order valence-electron chi connectivity index (χ0n) is 9.35. The quantitative estimate of drug-likeness (QED) is 0.654. The molecule has 0 atom stereocenters. The first-order chi connectivity index (χ1) is 8.78. The average molecular weight is 260 g/mol. The predicted molar refractivity (Wildman–Crippen MR) is 65.8 cm³/mol. The van der Waals surface area contributed by atoms with Crippen LogP contribution in [0.1, 0.15) is 0 Å². The number of nitrogens with zero attached hydrogens (tertiary/aromatic N) is 7. The van der Waals surface area contributed by atoms with Gasteiger partial charge in [-0.1, -0.05) is 11.8 Å². The van der Waals surface area contributed by atoms with Gasteiger partial charge in [-0.3, -0.25) is 0 Å². The molecule has 0 spiro atoms. The summed E-state index contributed by atoms with van der Waals surface area (Å²) in [5, 5.41) is 12.5. The summed E-state index contributed by atoms with van der Waals surface area (Å²) in [5.74, 6) is 1.06. The van der Waals surface area contributed by atoms with Crippen molar-refractivity contribution in [2.75, 3.05) is 12.0 Å². The highest BCUT2D eigenvalue weighted by Gasteiger charge is 2.12. The molecular formula is C9H8N8S. The molecule has 0 aliphatic heterocycles. The summed E-state index contributed by atoms with van der Waals surface area (Å²) in [5.41, 5.74) is 6.35. The summed E-state index contributed by atoms with van der Waals surface area (Å²) in [6.07, 6.45) is 3.45. The molecule has 0 unspecified atom stereocenters. The molecule has 0 saturated heterocycles. The van der Waals surface area contributed by atoms with Crippen molar-refractivity contribution in [2.45, 2.75) is 5.16 Å². The highest BCUT2D eigenvalue weighted by molar-refractivity contribution is 7.98. The van der Waals surface area contributed by atoms with E-state index in [0.717, 1.165) is 0 Å². The molecule has 18 heavy (non-hydrogen) atoms. The Bertz CT molecular complexity index is 694. The largest absolute Gasteiger partial charge is 0.368 e. The van der Waals surface area contributed by atoms with E-state index in [0.29, 0.717) is 22.5 Å². The molecule has 3 heterocycles. The molecule has 0 bridgehead atoms. The number of hydrogen-bond donors (Lipinski definition) is 1. The van der Waals surface area contributed by atoms with Crippen LogP contribution in [0.15, 0.2) is 23.5 Å². The molecule has 0 amide bonds. The van der Waals surface area contributed by atoms with Crippen LogP contribution in [0.4, 0.5) is 5.95 Å². The van der Waals surface area contributed by atoms with E-state index >= 15 is 0 Å². The van der Waals surface area contributed by atoms with Crippen molar-refractivity contribution >= 4 is 23.5 Å². The van der Waals surface area contributed by atoms with Crippen LogP contribution in [0.25, 0.3) is 17.3 Å². The maximum atomic E-state index is 5.78. The third kappa shape index (κ3) is 1.74. The molecule has 3 rings (SSSR count). The molecule has 90 valence electrons. The molecule has 0 fully saturated rings. The minimum atomic E-state index is 0.243. The van der Waals surface area contributed by atoms with Gasteiger partial charge in [0.05, 0.1) is 0 Å². The van der Waals surface area contributed by atoms with Gasteiger partial charge in [-0.05, 0) is 18.4 Å². The Hall–Kier alpha value is -2.29. The van der Waals surface area contributed by atoms with Gasteiger partial charge < -0.3 is 5.73 Å². The van der Waals surface area contributed by atoms with Gasteiger partial charge in [-0.15, -0.1) is 10.2 Å². The fourth-order valence-electron chi connectivity index (χ4n) is 1.41.